The SMILES string of the molecule is CNc1cc(NCCc2ccccc2OC)nc(C)n1. The van der Waals surface area contributed by atoms with E-state index in [1.807, 2.05) is 38.2 Å². The van der Waals surface area contributed by atoms with Gasteiger partial charge in [0.15, 0.2) is 0 Å². The molecule has 0 aliphatic heterocycles. The van der Waals surface area contributed by atoms with Gasteiger partial charge >= 0.3 is 0 Å². The molecule has 0 unspecified atom stereocenters. The number of ether oxygens (including phenoxy) is 1. The fourth-order valence-corrected chi connectivity index (χ4v) is 2.02. The fraction of sp³-hybridized carbons (Fsp3) is 0.333. The van der Waals surface area contributed by atoms with Crippen LogP contribution in [-0.4, -0.2) is 30.7 Å². The molecule has 0 bridgehead atoms. The number of para-hydroxylation sites is 1. The molecule has 0 saturated heterocycles. The van der Waals surface area contributed by atoms with Crippen molar-refractivity contribution in [3.05, 3.63) is 41.7 Å². The Hall–Kier alpha value is -2.30. The normalized spacial score (nSPS) is 10.2. The maximum atomic E-state index is 5.34. The van der Waals surface area contributed by atoms with Gasteiger partial charge < -0.3 is 15.4 Å². The van der Waals surface area contributed by atoms with E-state index < -0.39 is 0 Å². The molecule has 2 aromatic rings. The maximum absolute atomic E-state index is 5.34. The van der Waals surface area contributed by atoms with Crippen LogP contribution >= 0.6 is 0 Å². The average Bonchev–Trinajstić information content (AvgIpc) is 2.47. The lowest BCUT2D eigenvalue weighted by atomic mass is 10.1. The van der Waals surface area contributed by atoms with Crippen LogP contribution in [0.15, 0.2) is 30.3 Å². The Morgan fingerprint density at radius 3 is 2.65 bits per heavy atom. The Balaban J connectivity index is 1.97. The summed E-state index contributed by atoms with van der Waals surface area (Å²) < 4.78 is 5.34. The average molecular weight is 272 g/mol. The van der Waals surface area contributed by atoms with Crippen molar-refractivity contribution in [2.24, 2.45) is 0 Å². The highest BCUT2D eigenvalue weighted by atomic mass is 16.5. The molecule has 2 N–H and O–H groups in total. The standard InChI is InChI=1S/C15H20N4O/c1-11-18-14(16-2)10-15(19-11)17-9-8-12-6-4-5-7-13(12)20-3/h4-7,10H,8-9H2,1-3H3,(H2,16,17,18,19). The Labute approximate surface area is 119 Å². The number of nitrogens with zero attached hydrogens (tertiary/aromatic N) is 2. The molecule has 0 aliphatic carbocycles. The summed E-state index contributed by atoms with van der Waals surface area (Å²) in [6, 6.07) is 9.94. The number of methoxy groups -OCH3 is 1. The number of nitrogens with one attached hydrogen (secondary N) is 2. The minimum Gasteiger partial charge on any atom is -0.496 e. The van der Waals surface area contributed by atoms with Crippen LogP contribution < -0.4 is 15.4 Å². The van der Waals surface area contributed by atoms with Crippen molar-refractivity contribution < 1.29 is 4.74 Å². The van der Waals surface area contributed by atoms with Crippen LogP contribution in [0.2, 0.25) is 0 Å². The lowest BCUT2D eigenvalue weighted by Crippen LogP contribution is -2.09. The van der Waals surface area contributed by atoms with Gasteiger partial charge in [-0.3, -0.25) is 0 Å². The number of hydrogen-bond donors (Lipinski definition) is 2. The molecule has 5 heteroatoms. The van der Waals surface area contributed by atoms with Crippen LogP contribution in [0.3, 0.4) is 0 Å². The van der Waals surface area contributed by atoms with Crippen molar-refractivity contribution in [2.45, 2.75) is 13.3 Å². The van der Waals surface area contributed by atoms with Gasteiger partial charge in [-0.2, -0.15) is 0 Å². The predicted octanol–water partition coefficient (Wildman–Crippen LogP) is 2.49. The lowest BCUT2D eigenvalue weighted by molar-refractivity contribution is 0.410. The van der Waals surface area contributed by atoms with Gasteiger partial charge in [-0.1, -0.05) is 18.2 Å². The second-order valence-electron chi connectivity index (χ2n) is 4.42. The molecule has 1 aromatic heterocycles. The first-order chi connectivity index (χ1) is 9.72. The third kappa shape index (κ3) is 3.60. The minimum absolute atomic E-state index is 0.747. The molecule has 20 heavy (non-hydrogen) atoms. The first-order valence-corrected chi connectivity index (χ1v) is 6.62. The summed E-state index contributed by atoms with van der Waals surface area (Å²) in [4.78, 5) is 8.63. The molecule has 0 saturated carbocycles. The maximum Gasteiger partial charge on any atom is 0.131 e. The van der Waals surface area contributed by atoms with E-state index in [2.05, 4.69) is 26.7 Å². The second kappa shape index (κ2) is 6.75. The van der Waals surface area contributed by atoms with Gasteiger partial charge in [-0.15, -0.1) is 0 Å². The molecule has 1 heterocycles. The highest BCUT2D eigenvalue weighted by Gasteiger charge is 2.03. The van der Waals surface area contributed by atoms with Crippen LogP contribution in [-0.2, 0) is 6.42 Å². The predicted molar refractivity (Wildman–Crippen MR) is 81.5 cm³/mol. The van der Waals surface area contributed by atoms with Crippen molar-refractivity contribution in [1.82, 2.24) is 9.97 Å². The number of hydrogen-bond acceptors (Lipinski definition) is 5. The van der Waals surface area contributed by atoms with Crippen molar-refractivity contribution in [1.29, 1.82) is 0 Å². The van der Waals surface area contributed by atoms with Crippen LogP contribution in [0, 0.1) is 6.92 Å². The van der Waals surface area contributed by atoms with Crippen molar-refractivity contribution in [3.8, 4) is 5.75 Å². The molecule has 5 nitrogen and oxygen atoms in total. The topological polar surface area (TPSA) is 59.1 Å². The highest BCUT2D eigenvalue weighted by Crippen LogP contribution is 2.18. The van der Waals surface area contributed by atoms with Gasteiger partial charge in [0.05, 0.1) is 7.11 Å². The Morgan fingerprint density at radius 2 is 1.90 bits per heavy atom. The van der Waals surface area contributed by atoms with Gasteiger partial charge in [0, 0.05) is 19.7 Å². The molecule has 106 valence electrons. The molecule has 2 rings (SSSR count). The zero-order valence-corrected chi connectivity index (χ0v) is 12.1. The van der Waals surface area contributed by atoms with Crippen LogP contribution in [0.4, 0.5) is 11.6 Å². The van der Waals surface area contributed by atoms with E-state index in [-0.39, 0.29) is 0 Å². The van der Waals surface area contributed by atoms with E-state index in [1.54, 1.807) is 7.11 Å². The molecule has 0 aliphatic rings. The number of benzene rings is 1. The second-order valence-corrected chi connectivity index (χ2v) is 4.42. The molecule has 0 spiro atoms. The molecular weight excluding hydrogens is 252 g/mol. The first-order valence-electron chi connectivity index (χ1n) is 6.62. The van der Waals surface area contributed by atoms with E-state index in [0.29, 0.717) is 0 Å². The summed E-state index contributed by atoms with van der Waals surface area (Å²) in [6.45, 7) is 2.67. The van der Waals surface area contributed by atoms with Gasteiger partial charge in [0.1, 0.15) is 23.2 Å². The third-order valence-corrected chi connectivity index (χ3v) is 2.99. The van der Waals surface area contributed by atoms with Gasteiger partial charge in [-0.05, 0) is 25.0 Å². The summed E-state index contributed by atoms with van der Waals surface area (Å²) in [5.74, 6) is 3.31. The quantitative estimate of drug-likeness (QED) is 0.846. The van der Waals surface area contributed by atoms with E-state index in [0.717, 1.165) is 36.2 Å². The van der Waals surface area contributed by atoms with E-state index in [1.165, 1.54) is 5.56 Å². The highest BCUT2D eigenvalue weighted by molar-refractivity contribution is 5.47. The molecule has 0 atom stereocenters. The smallest absolute Gasteiger partial charge is 0.131 e. The van der Waals surface area contributed by atoms with E-state index >= 15 is 0 Å². The molecular formula is C15H20N4O. The molecule has 0 radical (unpaired) electrons. The molecule has 0 amide bonds. The van der Waals surface area contributed by atoms with Crippen molar-refractivity contribution >= 4 is 11.6 Å². The van der Waals surface area contributed by atoms with Crippen molar-refractivity contribution in [2.75, 3.05) is 31.3 Å². The monoisotopic (exact) mass is 272 g/mol. The summed E-state index contributed by atoms with van der Waals surface area (Å²) in [7, 11) is 3.54. The lowest BCUT2D eigenvalue weighted by Gasteiger charge is -2.10. The van der Waals surface area contributed by atoms with Crippen LogP contribution in [0.5, 0.6) is 5.75 Å². The summed E-state index contributed by atoms with van der Waals surface area (Å²) in [5, 5.41) is 6.34. The number of anilines is 2. The minimum atomic E-state index is 0.747. The Bertz CT molecular complexity index is 572. The molecule has 0 fully saturated rings. The number of aromatic nitrogens is 2. The van der Waals surface area contributed by atoms with E-state index in [9.17, 15) is 0 Å². The zero-order chi connectivity index (χ0) is 14.4. The number of rotatable bonds is 6. The third-order valence-electron chi connectivity index (χ3n) is 2.99. The largest absolute Gasteiger partial charge is 0.496 e. The zero-order valence-electron chi connectivity index (χ0n) is 12.1. The summed E-state index contributed by atoms with van der Waals surface area (Å²) in [5.41, 5.74) is 1.18. The summed E-state index contributed by atoms with van der Waals surface area (Å²) >= 11 is 0. The van der Waals surface area contributed by atoms with Gasteiger partial charge in [0.2, 0.25) is 0 Å². The van der Waals surface area contributed by atoms with Crippen LogP contribution in [0.25, 0.3) is 0 Å². The fourth-order valence-electron chi connectivity index (χ4n) is 2.02. The summed E-state index contributed by atoms with van der Waals surface area (Å²) in [6.07, 6.45) is 0.877. The number of aryl methyl sites for hydroxylation is 1. The van der Waals surface area contributed by atoms with Gasteiger partial charge in [0.25, 0.3) is 0 Å². The molecule has 1 aromatic carbocycles. The Kier molecular flexibility index (Phi) is 4.76. The first kappa shape index (κ1) is 14.1. The van der Waals surface area contributed by atoms with Crippen molar-refractivity contribution in [3.63, 3.8) is 0 Å². The van der Waals surface area contributed by atoms with E-state index in [4.69, 9.17) is 4.74 Å². The van der Waals surface area contributed by atoms with Gasteiger partial charge in [-0.25, -0.2) is 9.97 Å². The Morgan fingerprint density at radius 1 is 1.15 bits per heavy atom. The van der Waals surface area contributed by atoms with Crippen LogP contribution in [0.1, 0.15) is 11.4 Å².